The van der Waals surface area contributed by atoms with Crippen LogP contribution in [0.4, 0.5) is 4.39 Å². The van der Waals surface area contributed by atoms with Gasteiger partial charge in [-0.15, -0.1) is 0 Å². The van der Waals surface area contributed by atoms with Crippen molar-refractivity contribution in [1.82, 2.24) is 5.32 Å². The molecule has 3 nitrogen and oxygen atoms in total. The van der Waals surface area contributed by atoms with Crippen molar-refractivity contribution in [1.29, 1.82) is 0 Å². The molecule has 18 heavy (non-hydrogen) atoms. The molecular weight excluding hydrogens is 231 g/mol. The number of benzene rings is 1. The van der Waals surface area contributed by atoms with Crippen molar-refractivity contribution in [2.75, 3.05) is 0 Å². The second-order valence-electron chi connectivity index (χ2n) is 4.53. The Morgan fingerprint density at radius 1 is 1.39 bits per heavy atom. The van der Waals surface area contributed by atoms with Gasteiger partial charge in [0, 0.05) is 0 Å². The van der Waals surface area contributed by atoms with Crippen molar-refractivity contribution in [3.05, 3.63) is 35.6 Å². The van der Waals surface area contributed by atoms with Gasteiger partial charge in [0.05, 0.1) is 12.1 Å². The molecule has 4 heteroatoms. The zero-order chi connectivity index (χ0) is 13.5. The lowest BCUT2D eigenvalue weighted by atomic mass is 10.1. The van der Waals surface area contributed by atoms with E-state index in [0.717, 1.165) is 18.4 Å². The molecule has 0 aliphatic heterocycles. The van der Waals surface area contributed by atoms with Gasteiger partial charge in [0.1, 0.15) is 5.82 Å². The van der Waals surface area contributed by atoms with Gasteiger partial charge in [-0.3, -0.25) is 4.79 Å². The summed E-state index contributed by atoms with van der Waals surface area (Å²) in [5.74, 6) is -0.433. The highest BCUT2D eigenvalue weighted by atomic mass is 19.1. The molecule has 0 bridgehead atoms. The SMILES string of the molecule is CCCCC(N)C(=O)NC(C)c1ccc(F)cc1. The van der Waals surface area contributed by atoms with E-state index in [4.69, 9.17) is 5.73 Å². The second kappa shape index (κ2) is 7.11. The predicted octanol–water partition coefficient (Wildman–Crippen LogP) is 2.52. The molecule has 0 spiro atoms. The van der Waals surface area contributed by atoms with Crippen molar-refractivity contribution < 1.29 is 9.18 Å². The molecular formula is C14H21FN2O. The lowest BCUT2D eigenvalue weighted by Gasteiger charge is -2.17. The first-order valence-corrected chi connectivity index (χ1v) is 6.36. The van der Waals surface area contributed by atoms with Crippen molar-refractivity contribution in [2.24, 2.45) is 5.73 Å². The molecule has 100 valence electrons. The molecule has 0 fully saturated rings. The Morgan fingerprint density at radius 3 is 2.56 bits per heavy atom. The number of hydrogen-bond donors (Lipinski definition) is 2. The molecule has 1 amide bonds. The summed E-state index contributed by atoms with van der Waals surface area (Å²) in [5.41, 5.74) is 6.65. The van der Waals surface area contributed by atoms with Gasteiger partial charge >= 0.3 is 0 Å². The maximum atomic E-state index is 12.8. The second-order valence-corrected chi connectivity index (χ2v) is 4.53. The van der Waals surface area contributed by atoms with Crippen LogP contribution in [0.2, 0.25) is 0 Å². The van der Waals surface area contributed by atoms with Gasteiger partial charge in [0.15, 0.2) is 0 Å². The van der Waals surface area contributed by atoms with Crippen LogP contribution in [0, 0.1) is 5.82 Å². The van der Waals surface area contributed by atoms with Crippen LogP contribution in [-0.4, -0.2) is 11.9 Å². The number of carbonyl (C=O) groups is 1. The summed E-state index contributed by atoms with van der Waals surface area (Å²) in [6, 6.07) is 5.47. The maximum absolute atomic E-state index is 12.8. The third-order valence-corrected chi connectivity index (χ3v) is 2.93. The molecule has 0 aromatic heterocycles. The Kier molecular flexibility index (Phi) is 5.78. The van der Waals surface area contributed by atoms with Gasteiger partial charge in [0.2, 0.25) is 5.91 Å². The Hall–Kier alpha value is -1.42. The standard InChI is InChI=1S/C14H21FN2O/c1-3-4-5-13(16)14(18)17-10(2)11-6-8-12(15)9-7-11/h6-10,13H,3-5,16H2,1-2H3,(H,17,18). The van der Waals surface area contributed by atoms with Crippen LogP contribution in [0.1, 0.15) is 44.7 Å². The Labute approximate surface area is 108 Å². The molecule has 0 heterocycles. The minimum atomic E-state index is -0.465. The quantitative estimate of drug-likeness (QED) is 0.817. The normalized spacial score (nSPS) is 14.0. The number of rotatable bonds is 6. The van der Waals surface area contributed by atoms with Crippen molar-refractivity contribution in [3.63, 3.8) is 0 Å². The molecule has 2 atom stereocenters. The summed E-state index contributed by atoms with van der Waals surface area (Å²) in [6.45, 7) is 3.92. The number of nitrogens with two attached hydrogens (primary N) is 1. The molecule has 2 unspecified atom stereocenters. The molecule has 0 aliphatic rings. The minimum Gasteiger partial charge on any atom is -0.348 e. The van der Waals surface area contributed by atoms with Gasteiger partial charge in [0.25, 0.3) is 0 Å². The fourth-order valence-electron chi connectivity index (χ4n) is 1.71. The van der Waals surface area contributed by atoms with E-state index in [1.165, 1.54) is 12.1 Å². The van der Waals surface area contributed by atoms with Crippen LogP contribution in [0.5, 0.6) is 0 Å². The minimum absolute atomic E-state index is 0.153. The van der Waals surface area contributed by atoms with Crippen LogP contribution < -0.4 is 11.1 Å². The van der Waals surface area contributed by atoms with E-state index in [1.54, 1.807) is 12.1 Å². The van der Waals surface area contributed by atoms with Crippen LogP contribution in [-0.2, 0) is 4.79 Å². The smallest absolute Gasteiger partial charge is 0.237 e. The van der Waals surface area contributed by atoms with Crippen molar-refractivity contribution in [3.8, 4) is 0 Å². The monoisotopic (exact) mass is 252 g/mol. The number of halogens is 1. The maximum Gasteiger partial charge on any atom is 0.237 e. The third kappa shape index (κ3) is 4.45. The fourth-order valence-corrected chi connectivity index (χ4v) is 1.71. The summed E-state index contributed by atoms with van der Waals surface area (Å²) in [7, 11) is 0. The largest absolute Gasteiger partial charge is 0.348 e. The first kappa shape index (κ1) is 14.6. The lowest BCUT2D eigenvalue weighted by molar-refractivity contribution is -0.123. The topological polar surface area (TPSA) is 55.1 Å². The van der Waals surface area contributed by atoms with Gasteiger partial charge in [-0.25, -0.2) is 4.39 Å². The number of amides is 1. The summed E-state index contributed by atoms with van der Waals surface area (Å²) in [6.07, 6.45) is 2.66. The van der Waals surface area contributed by atoms with E-state index >= 15 is 0 Å². The molecule has 1 aromatic carbocycles. The van der Waals surface area contributed by atoms with Crippen molar-refractivity contribution in [2.45, 2.75) is 45.2 Å². The number of hydrogen-bond acceptors (Lipinski definition) is 2. The first-order valence-electron chi connectivity index (χ1n) is 6.36. The molecule has 0 aliphatic carbocycles. The van der Waals surface area contributed by atoms with E-state index in [0.29, 0.717) is 6.42 Å². The lowest BCUT2D eigenvalue weighted by Crippen LogP contribution is -2.41. The Morgan fingerprint density at radius 2 is 2.00 bits per heavy atom. The van der Waals surface area contributed by atoms with Crippen LogP contribution in [0.25, 0.3) is 0 Å². The number of nitrogens with one attached hydrogen (secondary N) is 1. The summed E-state index contributed by atoms with van der Waals surface area (Å²) in [5, 5.41) is 2.84. The highest BCUT2D eigenvalue weighted by Crippen LogP contribution is 2.13. The van der Waals surface area contributed by atoms with Gasteiger partial charge in [-0.05, 0) is 31.0 Å². The average molecular weight is 252 g/mol. The zero-order valence-electron chi connectivity index (χ0n) is 10.9. The summed E-state index contributed by atoms with van der Waals surface area (Å²) >= 11 is 0. The molecule has 1 rings (SSSR count). The molecule has 3 N–H and O–H groups in total. The zero-order valence-corrected chi connectivity index (χ0v) is 10.9. The van der Waals surface area contributed by atoms with Crippen molar-refractivity contribution >= 4 is 5.91 Å². The van der Waals surface area contributed by atoms with E-state index in [1.807, 2.05) is 6.92 Å². The van der Waals surface area contributed by atoms with E-state index in [-0.39, 0.29) is 17.8 Å². The highest BCUT2D eigenvalue weighted by molar-refractivity contribution is 5.81. The number of carbonyl (C=O) groups excluding carboxylic acids is 1. The molecule has 0 radical (unpaired) electrons. The average Bonchev–Trinajstić information content (AvgIpc) is 2.36. The summed E-state index contributed by atoms with van der Waals surface area (Å²) in [4.78, 5) is 11.8. The van der Waals surface area contributed by atoms with Crippen LogP contribution in [0.15, 0.2) is 24.3 Å². The van der Waals surface area contributed by atoms with Gasteiger partial charge in [-0.2, -0.15) is 0 Å². The fraction of sp³-hybridized carbons (Fsp3) is 0.500. The van der Waals surface area contributed by atoms with Gasteiger partial charge in [-0.1, -0.05) is 31.9 Å². The molecule has 1 aromatic rings. The van der Waals surface area contributed by atoms with Crippen LogP contribution in [0.3, 0.4) is 0 Å². The molecule has 0 saturated carbocycles. The highest BCUT2D eigenvalue weighted by Gasteiger charge is 2.15. The Balaban J connectivity index is 2.51. The first-order chi connectivity index (χ1) is 8.54. The summed E-state index contributed by atoms with van der Waals surface area (Å²) < 4.78 is 12.8. The predicted molar refractivity (Wildman–Crippen MR) is 70.5 cm³/mol. The van der Waals surface area contributed by atoms with E-state index in [9.17, 15) is 9.18 Å². The number of unbranched alkanes of at least 4 members (excludes halogenated alkanes) is 1. The Bertz CT molecular complexity index is 378. The van der Waals surface area contributed by atoms with Crippen LogP contribution >= 0.6 is 0 Å². The van der Waals surface area contributed by atoms with E-state index in [2.05, 4.69) is 12.2 Å². The van der Waals surface area contributed by atoms with E-state index < -0.39 is 6.04 Å². The molecule has 0 saturated heterocycles. The van der Waals surface area contributed by atoms with Gasteiger partial charge < -0.3 is 11.1 Å². The third-order valence-electron chi connectivity index (χ3n) is 2.93.